The van der Waals surface area contributed by atoms with Gasteiger partial charge in [-0.2, -0.15) is 0 Å². The summed E-state index contributed by atoms with van der Waals surface area (Å²) < 4.78 is 4.95. The largest absolute Gasteiger partial charge is 0.465 e. The fourth-order valence-corrected chi connectivity index (χ4v) is 0.647. The van der Waals surface area contributed by atoms with Gasteiger partial charge in [0.2, 0.25) is 0 Å². The van der Waals surface area contributed by atoms with Gasteiger partial charge in [-0.05, 0) is 25.1 Å². The Labute approximate surface area is 60.1 Å². The Hall–Kier alpha value is -1.02. The Balaban J connectivity index is 2.59. The summed E-state index contributed by atoms with van der Waals surface area (Å²) in [6, 6.07) is 9.80. The molecule has 10 heavy (non-hydrogen) atoms. The van der Waals surface area contributed by atoms with E-state index in [1.54, 1.807) is 31.2 Å². The Morgan fingerprint density at radius 1 is 1.50 bits per heavy atom. The summed E-state index contributed by atoms with van der Waals surface area (Å²) in [5.74, 6) is 0.661. The summed E-state index contributed by atoms with van der Waals surface area (Å²) >= 11 is 0. The molecule has 0 spiro atoms. The highest BCUT2D eigenvalue weighted by Crippen LogP contribution is 2.08. The number of aliphatic hydroxyl groups excluding tert-OH is 1. The smallest absolute Gasteiger partial charge is 0.194 e. The van der Waals surface area contributed by atoms with Crippen LogP contribution in [0, 0.1) is 6.07 Å². The molecule has 1 unspecified atom stereocenters. The molecule has 0 aliphatic carbocycles. The van der Waals surface area contributed by atoms with Crippen LogP contribution in [-0.2, 0) is 0 Å². The molecule has 0 aliphatic heterocycles. The first-order valence-corrected chi connectivity index (χ1v) is 3.10. The summed E-state index contributed by atoms with van der Waals surface area (Å²) in [4.78, 5) is 0. The van der Waals surface area contributed by atoms with Gasteiger partial charge in [-0.3, -0.25) is 0 Å². The van der Waals surface area contributed by atoms with E-state index in [1.807, 2.05) is 0 Å². The molecule has 0 bridgehead atoms. The average molecular weight is 137 g/mol. The quantitative estimate of drug-likeness (QED) is 0.621. The van der Waals surface area contributed by atoms with Gasteiger partial charge in [0.05, 0.1) is 0 Å². The molecule has 1 aromatic carbocycles. The molecule has 0 fully saturated rings. The molecule has 2 heteroatoms. The van der Waals surface area contributed by atoms with Gasteiger partial charge in [0, 0.05) is 0 Å². The van der Waals surface area contributed by atoms with E-state index >= 15 is 0 Å². The van der Waals surface area contributed by atoms with Crippen LogP contribution in [0.2, 0.25) is 0 Å². The van der Waals surface area contributed by atoms with Gasteiger partial charge in [-0.1, -0.05) is 12.1 Å². The molecule has 0 aromatic heterocycles. The van der Waals surface area contributed by atoms with Crippen LogP contribution in [0.1, 0.15) is 6.92 Å². The predicted molar refractivity (Wildman–Crippen MR) is 37.6 cm³/mol. The second-order valence-electron chi connectivity index (χ2n) is 1.95. The fraction of sp³-hybridized carbons (Fsp3) is 0.250. The minimum Gasteiger partial charge on any atom is -0.465 e. The van der Waals surface area contributed by atoms with Crippen LogP contribution in [0.4, 0.5) is 0 Å². The van der Waals surface area contributed by atoms with Gasteiger partial charge >= 0.3 is 0 Å². The Morgan fingerprint density at radius 3 is 2.60 bits per heavy atom. The van der Waals surface area contributed by atoms with Crippen LogP contribution >= 0.6 is 0 Å². The lowest BCUT2D eigenvalue weighted by Gasteiger charge is -2.06. The predicted octanol–water partition coefficient (Wildman–Crippen LogP) is 1.20. The lowest BCUT2D eigenvalue weighted by atomic mass is 10.3. The molecule has 1 rings (SSSR count). The maximum absolute atomic E-state index is 8.77. The van der Waals surface area contributed by atoms with E-state index in [4.69, 9.17) is 9.84 Å². The van der Waals surface area contributed by atoms with Crippen molar-refractivity contribution in [3.63, 3.8) is 0 Å². The van der Waals surface area contributed by atoms with E-state index < -0.39 is 6.29 Å². The molecular weight excluding hydrogens is 128 g/mol. The number of aliphatic hydroxyl groups is 1. The maximum Gasteiger partial charge on any atom is 0.194 e. The van der Waals surface area contributed by atoms with Gasteiger partial charge in [-0.15, -0.1) is 0 Å². The van der Waals surface area contributed by atoms with E-state index in [2.05, 4.69) is 6.07 Å². The van der Waals surface area contributed by atoms with Crippen LogP contribution in [0.15, 0.2) is 24.3 Å². The van der Waals surface area contributed by atoms with E-state index in [0.717, 1.165) is 0 Å². The summed E-state index contributed by atoms with van der Waals surface area (Å²) in [6.45, 7) is 1.57. The van der Waals surface area contributed by atoms with E-state index in [0.29, 0.717) is 5.75 Å². The van der Waals surface area contributed by atoms with Crippen molar-refractivity contribution in [3.05, 3.63) is 30.3 Å². The van der Waals surface area contributed by atoms with Gasteiger partial charge < -0.3 is 9.84 Å². The van der Waals surface area contributed by atoms with Crippen molar-refractivity contribution < 1.29 is 9.84 Å². The molecule has 1 radical (unpaired) electrons. The van der Waals surface area contributed by atoms with Crippen molar-refractivity contribution in [2.45, 2.75) is 13.2 Å². The number of rotatable bonds is 2. The average Bonchev–Trinajstić information content (AvgIpc) is 1.88. The molecule has 1 atom stereocenters. The van der Waals surface area contributed by atoms with E-state index in [-0.39, 0.29) is 0 Å². The van der Waals surface area contributed by atoms with Crippen molar-refractivity contribution in [3.8, 4) is 5.75 Å². The first-order valence-electron chi connectivity index (χ1n) is 3.10. The van der Waals surface area contributed by atoms with Crippen molar-refractivity contribution in [2.24, 2.45) is 0 Å². The minimum atomic E-state index is -0.748. The zero-order valence-electron chi connectivity index (χ0n) is 5.74. The second-order valence-corrected chi connectivity index (χ2v) is 1.95. The zero-order valence-corrected chi connectivity index (χ0v) is 5.74. The Bertz CT molecular complexity index is 182. The molecular formula is C8H9O2. The van der Waals surface area contributed by atoms with Crippen LogP contribution in [0.3, 0.4) is 0 Å². The molecule has 0 amide bonds. The number of benzene rings is 1. The van der Waals surface area contributed by atoms with Gasteiger partial charge in [0.15, 0.2) is 6.29 Å². The first kappa shape index (κ1) is 7.09. The van der Waals surface area contributed by atoms with E-state index in [9.17, 15) is 0 Å². The van der Waals surface area contributed by atoms with Crippen LogP contribution in [0.5, 0.6) is 5.75 Å². The van der Waals surface area contributed by atoms with Crippen LogP contribution in [0.25, 0.3) is 0 Å². The lowest BCUT2D eigenvalue weighted by molar-refractivity contribution is -0.000290. The molecule has 0 saturated heterocycles. The standard InChI is InChI=1S/C8H9O2/c1-7(9)10-8-5-3-2-4-6-8/h3-7,9H,1H3. The third kappa shape index (κ3) is 2.07. The molecule has 0 heterocycles. The van der Waals surface area contributed by atoms with Gasteiger partial charge in [-0.25, -0.2) is 0 Å². The molecule has 1 aromatic rings. The summed E-state index contributed by atoms with van der Waals surface area (Å²) in [5, 5.41) is 8.77. The highest BCUT2D eigenvalue weighted by atomic mass is 16.6. The van der Waals surface area contributed by atoms with Crippen LogP contribution < -0.4 is 4.74 Å². The molecule has 53 valence electrons. The lowest BCUT2D eigenvalue weighted by Crippen LogP contribution is -2.09. The third-order valence-corrected chi connectivity index (χ3v) is 0.994. The third-order valence-electron chi connectivity index (χ3n) is 0.994. The van der Waals surface area contributed by atoms with Crippen molar-refractivity contribution >= 4 is 0 Å². The fourth-order valence-electron chi connectivity index (χ4n) is 0.647. The first-order chi connectivity index (χ1) is 4.79. The summed E-state index contributed by atoms with van der Waals surface area (Å²) in [5.41, 5.74) is 0. The molecule has 2 nitrogen and oxygen atoms in total. The SMILES string of the molecule is CC(O)Oc1cc[c]cc1. The van der Waals surface area contributed by atoms with Gasteiger partial charge in [0.25, 0.3) is 0 Å². The monoisotopic (exact) mass is 137 g/mol. The van der Waals surface area contributed by atoms with Gasteiger partial charge in [0.1, 0.15) is 5.75 Å². The number of hydrogen-bond acceptors (Lipinski definition) is 2. The highest BCUT2D eigenvalue weighted by Gasteiger charge is 1.94. The van der Waals surface area contributed by atoms with E-state index in [1.165, 1.54) is 0 Å². The number of ether oxygens (including phenoxy) is 1. The summed E-state index contributed by atoms with van der Waals surface area (Å²) in [7, 11) is 0. The molecule has 1 N–H and O–H groups in total. The topological polar surface area (TPSA) is 29.5 Å². The number of hydrogen-bond donors (Lipinski definition) is 1. The minimum absolute atomic E-state index is 0.661. The highest BCUT2D eigenvalue weighted by molar-refractivity contribution is 5.20. The summed E-state index contributed by atoms with van der Waals surface area (Å²) in [6.07, 6.45) is -0.748. The second kappa shape index (κ2) is 3.22. The Morgan fingerprint density at radius 2 is 2.10 bits per heavy atom. The Kier molecular flexibility index (Phi) is 2.29. The van der Waals surface area contributed by atoms with Crippen LogP contribution in [-0.4, -0.2) is 11.4 Å². The van der Waals surface area contributed by atoms with Crippen molar-refractivity contribution in [1.29, 1.82) is 0 Å². The molecule has 0 aliphatic rings. The normalized spacial score (nSPS) is 12.6. The molecule has 0 saturated carbocycles. The van der Waals surface area contributed by atoms with Crippen molar-refractivity contribution in [1.82, 2.24) is 0 Å². The zero-order chi connectivity index (χ0) is 7.40. The maximum atomic E-state index is 8.77. The van der Waals surface area contributed by atoms with Crippen molar-refractivity contribution in [2.75, 3.05) is 0 Å².